The van der Waals surface area contributed by atoms with Crippen LogP contribution in [-0.4, -0.2) is 57.8 Å². The average Bonchev–Trinajstić information content (AvgIpc) is 2.41. The second-order valence-corrected chi connectivity index (χ2v) is 6.31. The molecule has 6 heteroatoms. The van der Waals surface area contributed by atoms with Gasteiger partial charge in [0.05, 0.1) is 19.8 Å². The lowest BCUT2D eigenvalue weighted by Gasteiger charge is -2.22. The molecule has 1 rings (SSSR count). The normalized spacial score (nSPS) is 16.7. The minimum atomic E-state index is -0.465. The summed E-state index contributed by atoms with van der Waals surface area (Å²) >= 11 is 0. The number of ether oxygens (including phenoxy) is 3. The molecule has 0 aromatic rings. The highest BCUT2D eigenvalue weighted by molar-refractivity contribution is 5.67. The van der Waals surface area contributed by atoms with Crippen molar-refractivity contribution in [3.63, 3.8) is 0 Å². The number of hydrogen-bond acceptors (Lipinski definition) is 5. The summed E-state index contributed by atoms with van der Waals surface area (Å²) in [5, 5.41) is 5.99. The third-order valence-electron chi connectivity index (χ3n) is 3.10. The van der Waals surface area contributed by atoms with E-state index < -0.39 is 11.7 Å². The Morgan fingerprint density at radius 3 is 2.48 bits per heavy atom. The molecule has 0 atom stereocenters. The van der Waals surface area contributed by atoms with Crippen LogP contribution in [0.15, 0.2) is 0 Å². The highest BCUT2D eigenvalue weighted by Gasteiger charge is 2.15. The summed E-state index contributed by atoms with van der Waals surface area (Å²) in [5.74, 6) is 0.681. The first kappa shape index (κ1) is 18.2. The summed E-state index contributed by atoms with van der Waals surface area (Å²) in [6.45, 7) is 10.6. The van der Waals surface area contributed by atoms with Crippen LogP contribution in [0.4, 0.5) is 4.79 Å². The highest BCUT2D eigenvalue weighted by Crippen LogP contribution is 2.11. The molecule has 1 amide bonds. The Morgan fingerprint density at radius 1 is 1.14 bits per heavy atom. The Hall–Kier alpha value is -0.850. The van der Waals surface area contributed by atoms with Crippen LogP contribution in [0.2, 0.25) is 0 Å². The van der Waals surface area contributed by atoms with Gasteiger partial charge in [0, 0.05) is 13.2 Å². The van der Waals surface area contributed by atoms with E-state index in [1.54, 1.807) is 0 Å². The zero-order valence-electron chi connectivity index (χ0n) is 13.6. The fourth-order valence-corrected chi connectivity index (χ4v) is 2.06. The van der Waals surface area contributed by atoms with Crippen LogP contribution < -0.4 is 10.6 Å². The minimum Gasteiger partial charge on any atom is -0.444 e. The molecule has 1 saturated heterocycles. The molecule has 0 bridgehead atoms. The van der Waals surface area contributed by atoms with Crippen LogP contribution in [0.3, 0.4) is 0 Å². The smallest absolute Gasteiger partial charge is 0.407 e. The molecule has 6 nitrogen and oxygen atoms in total. The van der Waals surface area contributed by atoms with Crippen LogP contribution in [0, 0.1) is 5.92 Å². The number of piperidine rings is 1. The first-order valence-electron chi connectivity index (χ1n) is 7.80. The van der Waals surface area contributed by atoms with E-state index in [-0.39, 0.29) is 0 Å². The summed E-state index contributed by atoms with van der Waals surface area (Å²) in [4.78, 5) is 11.4. The molecular weight excluding hydrogens is 272 g/mol. The van der Waals surface area contributed by atoms with E-state index in [1.807, 2.05) is 20.8 Å². The minimum absolute atomic E-state index is 0.409. The monoisotopic (exact) mass is 302 g/mol. The van der Waals surface area contributed by atoms with Crippen molar-refractivity contribution < 1.29 is 19.0 Å². The molecule has 0 aromatic carbocycles. The Labute approximate surface area is 127 Å². The quantitative estimate of drug-likeness (QED) is 0.666. The van der Waals surface area contributed by atoms with Crippen molar-refractivity contribution in [3.05, 3.63) is 0 Å². The van der Waals surface area contributed by atoms with Gasteiger partial charge in [0.1, 0.15) is 5.60 Å². The number of carbonyl (C=O) groups is 1. The Bertz CT molecular complexity index is 286. The van der Waals surface area contributed by atoms with E-state index in [2.05, 4.69) is 10.6 Å². The number of rotatable bonds is 8. The fourth-order valence-electron chi connectivity index (χ4n) is 2.06. The maximum atomic E-state index is 11.4. The summed E-state index contributed by atoms with van der Waals surface area (Å²) in [7, 11) is 0. The van der Waals surface area contributed by atoms with Gasteiger partial charge in [0.2, 0.25) is 0 Å². The molecule has 0 aliphatic carbocycles. The van der Waals surface area contributed by atoms with Crippen molar-refractivity contribution in [3.8, 4) is 0 Å². The van der Waals surface area contributed by atoms with Crippen molar-refractivity contribution in [1.82, 2.24) is 10.6 Å². The van der Waals surface area contributed by atoms with E-state index in [9.17, 15) is 4.79 Å². The lowest BCUT2D eigenvalue weighted by Crippen LogP contribution is -2.34. The van der Waals surface area contributed by atoms with Crippen LogP contribution in [-0.2, 0) is 14.2 Å². The number of amides is 1. The Kier molecular flexibility index (Phi) is 8.64. The summed E-state index contributed by atoms with van der Waals surface area (Å²) in [6, 6.07) is 0. The fraction of sp³-hybridized carbons (Fsp3) is 0.933. The van der Waals surface area contributed by atoms with Gasteiger partial charge in [0.25, 0.3) is 0 Å². The van der Waals surface area contributed by atoms with Crippen LogP contribution >= 0.6 is 0 Å². The first-order valence-corrected chi connectivity index (χ1v) is 7.80. The maximum Gasteiger partial charge on any atom is 0.407 e. The Morgan fingerprint density at radius 2 is 1.81 bits per heavy atom. The van der Waals surface area contributed by atoms with Gasteiger partial charge < -0.3 is 24.8 Å². The average molecular weight is 302 g/mol. The zero-order chi connectivity index (χ0) is 15.6. The largest absolute Gasteiger partial charge is 0.444 e. The number of alkyl carbamates (subject to hydrolysis) is 1. The SMILES string of the molecule is CC(C)(C)OC(=O)NCCOCCOCC1CCNCC1. The summed E-state index contributed by atoms with van der Waals surface area (Å²) in [5.41, 5.74) is -0.465. The van der Waals surface area contributed by atoms with Crippen LogP contribution in [0.5, 0.6) is 0 Å². The standard InChI is InChI=1S/C15H30N2O4/c1-15(2,3)21-14(18)17-8-9-19-10-11-20-12-13-4-6-16-7-5-13/h13,16H,4-12H2,1-3H3,(H,17,18). The lowest BCUT2D eigenvalue weighted by molar-refractivity contribution is 0.0268. The molecule has 0 saturated carbocycles. The van der Waals surface area contributed by atoms with Gasteiger partial charge in [-0.3, -0.25) is 0 Å². The molecule has 1 aliphatic heterocycles. The molecule has 124 valence electrons. The predicted octanol–water partition coefficient (Wildman–Crippen LogP) is 1.54. The van der Waals surface area contributed by atoms with Crippen molar-refractivity contribution in [2.45, 2.75) is 39.2 Å². The van der Waals surface area contributed by atoms with Gasteiger partial charge in [-0.25, -0.2) is 4.79 Å². The summed E-state index contributed by atoms with van der Waals surface area (Å²) in [6.07, 6.45) is 1.98. The topological polar surface area (TPSA) is 68.8 Å². The van der Waals surface area contributed by atoms with Crippen molar-refractivity contribution >= 4 is 6.09 Å². The van der Waals surface area contributed by atoms with E-state index in [0.29, 0.717) is 32.3 Å². The molecule has 0 unspecified atom stereocenters. The van der Waals surface area contributed by atoms with Crippen molar-refractivity contribution in [2.75, 3.05) is 46.1 Å². The zero-order valence-corrected chi connectivity index (χ0v) is 13.6. The molecule has 21 heavy (non-hydrogen) atoms. The van der Waals surface area contributed by atoms with Crippen LogP contribution in [0.1, 0.15) is 33.6 Å². The van der Waals surface area contributed by atoms with Gasteiger partial charge in [-0.15, -0.1) is 0 Å². The second kappa shape index (κ2) is 9.97. The van der Waals surface area contributed by atoms with Crippen molar-refractivity contribution in [1.29, 1.82) is 0 Å². The van der Waals surface area contributed by atoms with Crippen LogP contribution in [0.25, 0.3) is 0 Å². The molecule has 1 fully saturated rings. The molecule has 0 radical (unpaired) electrons. The van der Waals surface area contributed by atoms with E-state index in [0.717, 1.165) is 19.7 Å². The maximum absolute atomic E-state index is 11.4. The molecule has 1 aliphatic rings. The van der Waals surface area contributed by atoms with Gasteiger partial charge in [0.15, 0.2) is 0 Å². The number of hydrogen-bond donors (Lipinski definition) is 2. The number of nitrogens with one attached hydrogen (secondary N) is 2. The molecule has 0 aromatic heterocycles. The Balaban J connectivity index is 1.85. The molecule has 2 N–H and O–H groups in total. The van der Waals surface area contributed by atoms with Gasteiger partial charge in [-0.1, -0.05) is 0 Å². The highest BCUT2D eigenvalue weighted by atomic mass is 16.6. The predicted molar refractivity (Wildman–Crippen MR) is 81.5 cm³/mol. The van der Waals surface area contributed by atoms with Gasteiger partial charge in [-0.05, 0) is 52.6 Å². The molecular formula is C15H30N2O4. The molecule has 0 spiro atoms. The third kappa shape index (κ3) is 10.5. The third-order valence-corrected chi connectivity index (χ3v) is 3.10. The number of carbonyl (C=O) groups excluding carboxylic acids is 1. The first-order chi connectivity index (χ1) is 9.97. The van der Waals surface area contributed by atoms with E-state index >= 15 is 0 Å². The van der Waals surface area contributed by atoms with E-state index in [1.165, 1.54) is 12.8 Å². The van der Waals surface area contributed by atoms with Gasteiger partial charge in [-0.2, -0.15) is 0 Å². The van der Waals surface area contributed by atoms with E-state index in [4.69, 9.17) is 14.2 Å². The van der Waals surface area contributed by atoms with Crippen molar-refractivity contribution in [2.24, 2.45) is 5.92 Å². The summed E-state index contributed by atoms with van der Waals surface area (Å²) < 4.78 is 16.1. The van der Waals surface area contributed by atoms with Gasteiger partial charge >= 0.3 is 6.09 Å². The molecule has 1 heterocycles. The second-order valence-electron chi connectivity index (χ2n) is 6.31. The lowest BCUT2D eigenvalue weighted by atomic mass is 9.99.